The van der Waals surface area contributed by atoms with Crippen molar-refractivity contribution < 1.29 is 9.32 Å². The fourth-order valence-electron chi connectivity index (χ4n) is 2.44. The monoisotopic (exact) mass is 336 g/mol. The zero-order valence-electron chi connectivity index (χ0n) is 14.8. The van der Waals surface area contributed by atoms with Gasteiger partial charge in [0, 0.05) is 45.3 Å². The number of carbonyl (C=O) groups is 1. The highest BCUT2D eigenvalue weighted by molar-refractivity contribution is 5.82. The normalized spacial score (nSPS) is 17.1. The molecular weight excluding hydrogens is 308 g/mol. The van der Waals surface area contributed by atoms with Crippen molar-refractivity contribution in [3.8, 4) is 0 Å². The van der Waals surface area contributed by atoms with Gasteiger partial charge >= 0.3 is 0 Å². The molecule has 0 unspecified atom stereocenters. The summed E-state index contributed by atoms with van der Waals surface area (Å²) in [5.74, 6) is 0.507. The van der Waals surface area contributed by atoms with E-state index in [-0.39, 0.29) is 5.91 Å². The number of aromatic nitrogens is 1. The Morgan fingerprint density at radius 1 is 1.42 bits per heavy atom. The predicted molar refractivity (Wildman–Crippen MR) is 92.3 cm³/mol. The van der Waals surface area contributed by atoms with Crippen LogP contribution in [-0.4, -0.2) is 66.1 Å². The Labute approximate surface area is 143 Å². The second-order valence-electron chi connectivity index (χ2n) is 6.67. The maximum Gasteiger partial charge on any atom is 0.224 e. The number of amides is 1. The van der Waals surface area contributed by atoms with Gasteiger partial charge in [0.25, 0.3) is 0 Å². The molecule has 0 saturated carbocycles. The van der Waals surface area contributed by atoms with E-state index in [1.807, 2.05) is 26.8 Å². The zero-order valence-corrected chi connectivity index (χ0v) is 14.8. The van der Waals surface area contributed by atoms with Gasteiger partial charge in [-0.25, -0.2) is 0 Å². The topological polar surface area (TPSA) is 100.0 Å². The maximum absolute atomic E-state index is 11.5. The molecule has 3 N–H and O–H groups in total. The molecule has 1 amide bonds. The molecule has 2 rings (SSSR count). The SMILES string of the molecule is CCNC(=NCC(C)(C)C(N)=O)N1CCN(Cc2ccon2)CC1. The summed E-state index contributed by atoms with van der Waals surface area (Å²) in [6.45, 7) is 11.2. The maximum atomic E-state index is 11.5. The number of nitrogens with one attached hydrogen (secondary N) is 1. The first-order chi connectivity index (χ1) is 11.4. The van der Waals surface area contributed by atoms with E-state index in [4.69, 9.17) is 10.3 Å². The Bertz CT molecular complexity index is 547. The summed E-state index contributed by atoms with van der Waals surface area (Å²) >= 11 is 0. The van der Waals surface area contributed by atoms with Gasteiger partial charge in [0.2, 0.25) is 5.91 Å². The van der Waals surface area contributed by atoms with Crippen LogP contribution >= 0.6 is 0 Å². The van der Waals surface area contributed by atoms with E-state index in [1.54, 1.807) is 6.26 Å². The van der Waals surface area contributed by atoms with Crippen LogP contribution in [0.5, 0.6) is 0 Å². The summed E-state index contributed by atoms with van der Waals surface area (Å²) in [4.78, 5) is 20.6. The van der Waals surface area contributed by atoms with Crippen molar-refractivity contribution in [1.29, 1.82) is 0 Å². The first-order valence-electron chi connectivity index (χ1n) is 8.37. The van der Waals surface area contributed by atoms with Crippen molar-refractivity contribution in [1.82, 2.24) is 20.3 Å². The molecule has 0 radical (unpaired) electrons. The van der Waals surface area contributed by atoms with E-state index >= 15 is 0 Å². The lowest BCUT2D eigenvalue weighted by Gasteiger charge is -2.36. The van der Waals surface area contributed by atoms with Gasteiger partial charge < -0.3 is 20.5 Å². The lowest BCUT2D eigenvalue weighted by Crippen LogP contribution is -2.52. The molecule has 8 heteroatoms. The van der Waals surface area contributed by atoms with Crippen LogP contribution in [0.4, 0.5) is 0 Å². The van der Waals surface area contributed by atoms with Crippen molar-refractivity contribution in [2.75, 3.05) is 39.3 Å². The first kappa shape index (κ1) is 18.3. The largest absolute Gasteiger partial charge is 0.369 e. The van der Waals surface area contributed by atoms with E-state index in [9.17, 15) is 4.79 Å². The van der Waals surface area contributed by atoms with Gasteiger partial charge in [-0.1, -0.05) is 5.16 Å². The van der Waals surface area contributed by atoms with Crippen LogP contribution in [-0.2, 0) is 11.3 Å². The van der Waals surface area contributed by atoms with Crippen molar-refractivity contribution in [2.24, 2.45) is 16.1 Å². The average Bonchev–Trinajstić information content (AvgIpc) is 3.05. The third-order valence-corrected chi connectivity index (χ3v) is 4.17. The molecule has 0 bridgehead atoms. The van der Waals surface area contributed by atoms with Crippen LogP contribution < -0.4 is 11.1 Å². The van der Waals surface area contributed by atoms with Crippen LogP contribution in [0.15, 0.2) is 21.8 Å². The smallest absolute Gasteiger partial charge is 0.224 e. The molecular formula is C16H28N6O2. The molecule has 1 fully saturated rings. The summed E-state index contributed by atoms with van der Waals surface area (Å²) in [5.41, 5.74) is 5.74. The molecule has 1 aromatic rings. The van der Waals surface area contributed by atoms with Crippen LogP contribution in [0.3, 0.4) is 0 Å². The van der Waals surface area contributed by atoms with Gasteiger partial charge in [0.05, 0.1) is 17.7 Å². The number of hydrogen-bond acceptors (Lipinski definition) is 5. The molecule has 1 saturated heterocycles. The third kappa shape index (κ3) is 4.95. The van der Waals surface area contributed by atoms with Gasteiger partial charge in [-0.15, -0.1) is 0 Å². The second kappa shape index (κ2) is 8.14. The molecule has 0 aliphatic carbocycles. The lowest BCUT2D eigenvalue weighted by molar-refractivity contribution is -0.125. The number of rotatable bonds is 6. The van der Waals surface area contributed by atoms with E-state index in [1.165, 1.54) is 0 Å². The molecule has 2 heterocycles. The Morgan fingerprint density at radius 3 is 2.67 bits per heavy atom. The Kier molecular flexibility index (Phi) is 6.19. The van der Waals surface area contributed by atoms with Crippen LogP contribution in [0.25, 0.3) is 0 Å². The summed E-state index contributed by atoms with van der Waals surface area (Å²) in [6, 6.07) is 1.89. The molecule has 0 spiro atoms. The fourth-order valence-corrected chi connectivity index (χ4v) is 2.44. The summed E-state index contributed by atoms with van der Waals surface area (Å²) < 4.78 is 4.88. The second-order valence-corrected chi connectivity index (χ2v) is 6.67. The molecule has 1 aliphatic rings. The van der Waals surface area contributed by atoms with Gasteiger partial charge in [0.15, 0.2) is 5.96 Å². The molecule has 24 heavy (non-hydrogen) atoms. The molecule has 8 nitrogen and oxygen atoms in total. The molecule has 0 atom stereocenters. The minimum absolute atomic E-state index is 0.334. The van der Waals surface area contributed by atoms with Crippen LogP contribution in [0.1, 0.15) is 26.5 Å². The lowest BCUT2D eigenvalue weighted by atomic mass is 9.93. The summed E-state index contributed by atoms with van der Waals surface area (Å²) in [6.07, 6.45) is 1.60. The number of hydrogen-bond donors (Lipinski definition) is 2. The van der Waals surface area contributed by atoms with E-state index in [0.717, 1.165) is 50.9 Å². The van der Waals surface area contributed by atoms with Gasteiger partial charge in [-0.3, -0.25) is 14.7 Å². The number of primary amides is 1. The number of carbonyl (C=O) groups excluding carboxylic acids is 1. The van der Waals surface area contributed by atoms with Crippen LogP contribution in [0.2, 0.25) is 0 Å². The summed E-state index contributed by atoms with van der Waals surface area (Å²) in [5, 5.41) is 7.26. The molecule has 134 valence electrons. The average molecular weight is 336 g/mol. The van der Waals surface area contributed by atoms with E-state index in [0.29, 0.717) is 6.54 Å². The molecule has 1 aromatic heterocycles. The highest BCUT2D eigenvalue weighted by Crippen LogP contribution is 2.15. The van der Waals surface area contributed by atoms with Gasteiger partial charge in [0.1, 0.15) is 6.26 Å². The predicted octanol–water partition coefficient (Wildman–Crippen LogP) is 0.269. The Balaban J connectivity index is 1.91. The number of aliphatic imine (C=N–C) groups is 1. The van der Waals surface area contributed by atoms with Crippen molar-refractivity contribution in [3.05, 3.63) is 18.0 Å². The standard InChI is InChI=1S/C16H28N6O2/c1-4-18-15(19-12-16(2,3)14(17)23)22-8-6-21(7-9-22)11-13-5-10-24-20-13/h5,10H,4,6-9,11-12H2,1-3H3,(H2,17,23)(H,18,19). The van der Waals surface area contributed by atoms with Crippen molar-refractivity contribution in [2.45, 2.75) is 27.3 Å². The number of guanidine groups is 1. The highest BCUT2D eigenvalue weighted by Gasteiger charge is 2.26. The first-order valence-corrected chi connectivity index (χ1v) is 8.37. The van der Waals surface area contributed by atoms with Gasteiger partial charge in [-0.2, -0.15) is 0 Å². The third-order valence-electron chi connectivity index (χ3n) is 4.17. The Hall–Kier alpha value is -2.09. The van der Waals surface area contributed by atoms with Crippen molar-refractivity contribution in [3.63, 3.8) is 0 Å². The number of nitrogens with two attached hydrogens (primary N) is 1. The highest BCUT2D eigenvalue weighted by atomic mass is 16.5. The van der Waals surface area contributed by atoms with Crippen molar-refractivity contribution >= 4 is 11.9 Å². The zero-order chi connectivity index (χ0) is 17.6. The number of piperazine rings is 1. The van der Waals surface area contributed by atoms with E-state index < -0.39 is 5.41 Å². The minimum Gasteiger partial charge on any atom is -0.369 e. The molecule has 0 aromatic carbocycles. The summed E-state index contributed by atoms with van der Waals surface area (Å²) in [7, 11) is 0. The molecule has 1 aliphatic heterocycles. The minimum atomic E-state index is -0.643. The Morgan fingerprint density at radius 2 is 2.12 bits per heavy atom. The number of nitrogens with zero attached hydrogens (tertiary/aromatic N) is 4. The fraction of sp³-hybridized carbons (Fsp3) is 0.688. The quantitative estimate of drug-likeness (QED) is 0.571. The van der Waals surface area contributed by atoms with Crippen LogP contribution in [0, 0.1) is 5.41 Å². The van der Waals surface area contributed by atoms with Gasteiger partial charge in [-0.05, 0) is 20.8 Å². The van der Waals surface area contributed by atoms with E-state index in [2.05, 4.69) is 25.3 Å².